The van der Waals surface area contributed by atoms with Gasteiger partial charge in [-0.2, -0.15) is 0 Å². The fourth-order valence-corrected chi connectivity index (χ4v) is 5.27. The summed E-state index contributed by atoms with van der Waals surface area (Å²) in [6.07, 6.45) is 5.91. The summed E-state index contributed by atoms with van der Waals surface area (Å²) in [7, 11) is 0. The van der Waals surface area contributed by atoms with Gasteiger partial charge in [-0.3, -0.25) is 9.59 Å². The number of rotatable bonds is 6. The molecule has 1 saturated carbocycles. The van der Waals surface area contributed by atoms with Crippen molar-refractivity contribution < 1.29 is 14.0 Å². The first kappa shape index (κ1) is 21.6. The highest BCUT2D eigenvalue weighted by atomic mass is 16.3. The number of nitrogens with zero attached hydrogens (tertiary/aromatic N) is 2. The molecule has 0 radical (unpaired) electrons. The highest BCUT2D eigenvalue weighted by molar-refractivity contribution is 6.00. The van der Waals surface area contributed by atoms with Crippen molar-refractivity contribution in [2.24, 2.45) is 0 Å². The Hall–Kier alpha value is -3.28. The molecular weight excluding hydrogens is 414 g/mol. The standard InChI is InChI=1S/C27H31N3O3/c1-19(20-9-4-3-5-10-20)17-30-25(31)23-15-14-22(24-13-8-16-33-24)29(23)18-27(30,2)26(32)28-21-11-6-7-12-21/h3-5,8-10,13-16,19,21H,6-7,11-12,17-18H2,1-2H3,(H,28,32)/t19-,27-/m1/s1. The third-order valence-corrected chi connectivity index (χ3v) is 7.28. The maximum atomic E-state index is 13.8. The van der Waals surface area contributed by atoms with E-state index >= 15 is 0 Å². The summed E-state index contributed by atoms with van der Waals surface area (Å²) in [5, 5.41) is 3.26. The smallest absolute Gasteiger partial charge is 0.271 e. The number of carbonyl (C=O) groups is 2. The fraction of sp³-hybridized carbons (Fsp3) is 0.407. The van der Waals surface area contributed by atoms with Crippen molar-refractivity contribution >= 4 is 11.8 Å². The van der Waals surface area contributed by atoms with E-state index in [1.807, 2.05) is 54.0 Å². The van der Waals surface area contributed by atoms with Crippen LogP contribution < -0.4 is 5.32 Å². The highest BCUT2D eigenvalue weighted by Crippen LogP contribution is 2.35. The van der Waals surface area contributed by atoms with Crippen LogP contribution in [0.3, 0.4) is 0 Å². The van der Waals surface area contributed by atoms with Gasteiger partial charge in [-0.1, -0.05) is 50.1 Å². The molecule has 1 aliphatic carbocycles. The molecule has 1 fully saturated rings. The van der Waals surface area contributed by atoms with Crippen molar-refractivity contribution in [2.75, 3.05) is 6.54 Å². The molecule has 2 aliphatic rings. The number of hydrogen-bond donors (Lipinski definition) is 1. The summed E-state index contributed by atoms with van der Waals surface area (Å²) in [5.74, 6) is 0.595. The molecule has 1 N–H and O–H groups in total. The Bertz CT molecular complexity index is 1130. The van der Waals surface area contributed by atoms with E-state index in [0.717, 1.165) is 36.9 Å². The van der Waals surface area contributed by atoms with Gasteiger partial charge in [0.05, 0.1) is 18.5 Å². The molecule has 1 aromatic carbocycles. The molecule has 0 unspecified atom stereocenters. The molecule has 33 heavy (non-hydrogen) atoms. The number of aromatic nitrogens is 1. The third-order valence-electron chi connectivity index (χ3n) is 7.28. The summed E-state index contributed by atoms with van der Waals surface area (Å²) in [6.45, 7) is 4.87. The van der Waals surface area contributed by atoms with E-state index in [9.17, 15) is 9.59 Å². The summed E-state index contributed by atoms with van der Waals surface area (Å²) >= 11 is 0. The number of amides is 2. The summed E-state index contributed by atoms with van der Waals surface area (Å²) in [4.78, 5) is 29.3. The predicted octanol–water partition coefficient (Wildman–Crippen LogP) is 4.83. The number of hydrogen-bond acceptors (Lipinski definition) is 3. The normalized spacial score (nSPS) is 21.8. The van der Waals surface area contributed by atoms with E-state index in [1.54, 1.807) is 11.2 Å². The maximum Gasteiger partial charge on any atom is 0.271 e. The molecule has 1 aliphatic heterocycles. The van der Waals surface area contributed by atoms with Crippen LogP contribution in [0.1, 0.15) is 61.5 Å². The van der Waals surface area contributed by atoms with Crippen LogP contribution in [0.4, 0.5) is 0 Å². The molecule has 3 aromatic rings. The van der Waals surface area contributed by atoms with Crippen LogP contribution in [0.15, 0.2) is 65.3 Å². The van der Waals surface area contributed by atoms with Gasteiger partial charge in [0.2, 0.25) is 5.91 Å². The average Bonchev–Trinajstić information content (AvgIpc) is 3.59. The lowest BCUT2D eigenvalue weighted by atomic mass is 9.91. The molecule has 172 valence electrons. The second-order valence-electron chi connectivity index (χ2n) is 9.62. The minimum Gasteiger partial charge on any atom is -0.463 e. The van der Waals surface area contributed by atoms with Crippen molar-refractivity contribution in [1.29, 1.82) is 0 Å². The lowest BCUT2D eigenvalue weighted by Crippen LogP contribution is -2.65. The molecular formula is C27H31N3O3. The van der Waals surface area contributed by atoms with E-state index in [0.29, 0.717) is 24.5 Å². The molecule has 0 spiro atoms. The van der Waals surface area contributed by atoms with E-state index in [1.165, 1.54) is 0 Å². The largest absolute Gasteiger partial charge is 0.463 e. The molecule has 2 atom stereocenters. The van der Waals surface area contributed by atoms with Gasteiger partial charge in [0.25, 0.3) is 5.91 Å². The van der Waals surface area contributed by atoms with Gasteiger partial charge in [-0.05, 0) is 55.5 Å². The monoisotopic (exact) mass is 445 g/mol. The van der Waals surface area contributed by atoms with Crippen LogP contribution in [0.2, 0.25) is 0 Å². The lowest BCUT2D eigenvalue weighted by Gasteiger charge is -2.45. The number of nitrogens with one attached hydrogen (secondary N) is 1. The fourth-order valence-electron chi connectivity index (χ4n) is 5.27. The Kier molecular flexibility index (Phi) is 5.60. The topological polar surface area (TPSA) is 67.5 Å². The Morgan fingerprint density at radius 3 is 2.52 bits per heavy atom. The third kappa shape index (κ3) is 3.88. The average molecular weight is 446 g/mol. The van der Waals surface area contributed by atoms with Gasteiger partial charge in [0.1, 0.15) is 17.0 Å². The number of carbonyl (C=O) groups excluding carboxylic acids is 2. The molecule has 0 bridgehead atoms. The minimum atomic E-state index is -1.00. The second kappa shape index (κ2) is 8.58. The van der Waals surface area contributed by atoms with Crippen LogP contribution in [0.5, 0.6) is 0 Å². The first-order chi connectivity index (χ1) is 16.0. The van der Waals surface area contributed by atoms with Crippen LogP contribution in [-0.4, -0.2) is 39.4 Å². The van der Waals surface area contributed by atoms with Crippen LogP contribution in [-0.2, 0) is 11.3 Å². The molecule has 2 aromatic heterocycles. The molecule has 2 amide bonds. The van der Waals surface area contributed by atoms with Gasteiger partial charge in [-0.25, -0.2) is 0 Å². The number of benzene rings is 1. The quantitative estimate of drug-likeness (QED) is 0.591. The predicted molar refractivity (Wildman–Crippen MR) is 127 cm³/mol. The molecule has 6 nitrogen and oxygen atoms in total. The Morgan fingerprint density at radius 2 is 1.82 bits per heavy atom. The molecule has 3 heterocycles. The van der Waals surface area contributed by atoms with Gasteiger partial charge in [0, 0.05) is 12.6 Å². The van der Waals surface area contributed by atoms with Crippen LogP contribution in [0, 0.1) is 0 Å². The SMILES string of the molecule is C[C@H](CN1C(=O)c2ccc(-c3ccco3)n2C[C@]1(C)C(=O)NC1CCCC1)c1ccccc1. The van der Waals surface area contributed by atoms with Crippen molar-refractivity contribution in [1.82, 2.24) is 14.8 Å². The number of furan rings is 1. The van der Waals surface area contributed by atoms with E-state index in [-0.39, 0.29) is 23.8 Å². The maximum absolute atomic E-state index is 13.8. The highest BCUT2D eigenvalue weighted by Gasteiger charge is 2.48. The van der Waals surface area contributed by atoms with Crippen LogP contribution in [0.25, 0.3) is 11.5 Å². The van der Waals surface area contributed by atoms with Gasteiger partial charge < -0.3 is 19.2 Å². The zero-order valence-electron chi connectivity index (χ0n) is 19.3. The minimum absolute atomic E-state index is 0.0762. The van der Waals surface area contributed by atoms with Crippen molar-refractivity contribution in [3.05, 3.63) is 72.1 Å². The first-order valence-corrected chi connectivity index (χ1v) is 11.9. The van der Waals surface area contributed by atoms with Crippen molar-refractivity contribution in [3.8, 4) is 11.5 Å². The van der Waals surface area contributed by atoms with E-state index in [2.05, 4.69) is 24.4 Å². The van der Waals surface area contributed by atoms with Crippen molar-refractivity contribution in [3.63, 3.8) is 0 Å². The molecule has 5 rings (SSSR count). The Balaban J connectivity index is 1.52. The van der Waals surface area contributed by atoms with Gasteiger partial charge in [-0.15, -0.1) is 0 Å². The van der Waals surface area contributed by atoms with Crippen LogP contribution >= 0.6 is 0 Å². The summed E-state index contributed by atoms with van der Waals surface area (Å²) in [6, 6.07) is 17.8. The summed E-state index contributed by atoms with van der Waals surface area (Å²) < 4.78 is 7.56. The number of fused-ring (bicyclic) bond motifs is 1. The summed E-state index contributed by atoms with van der Waals surface area (Å²) in [5.41, 5.74) is 1.56. The van der Waals surface area contributed by atoms with E-state index < -0.39 is 5.54 Å². The zero-order chi connectivity index (χ0) is 23.0. The Labute approximate surface area is 194 Å². The Morgan fingerprint density at radius 1 is 1.09 bits per heavy atom. The lowest BCUT2D eigenvalue weighted by molar-refractivity contribution is -0.133. The van der Waals surface area contributed by atoms with E-state index in [4.69, 9.17) is 4.42 Å². The van der Waals surface area contributed by atoms with Crippen molar-refractivity contribution in [2.45, 2.75) is 63.6 Å². The van der Waals surface area contributed by atoms with Gasteiger partial charge in [0.15, 0.2) is 0 Å². The van der Waals surface area contributed by atoms with Gasteiger partial charge >= 0.3 is 0 Å². The zero-order valence-corrected chi connectivity index (χ0v) is 19.3. The first-order valence-electron chi connectivity index (χ1n) is 11.9. The second-order valence-corrected chi connectivity index (χ2v) is 9.62. The molecule has 0 saturated heterocycles. The molecule has 6 heteroatoms.